The van der Waals surface area contributed by atoms with Crippen LogP contribution in [0.1, 0.15) is 42.3 Å². The summed E-state index contributed by atoms with van der Waals surface area (Å²) in [5, 5.41) is 4.31. The van der Waals surface area contributed by atoms with Crippen LogP contribution in [-0.4, -0.2) is 33.7 Å². The molecule has 1 aliphatic heterocycles. The van der Waals surface area contributed by atoms with E-state index in [1.807, 2.05) is 34.8 Å². The average molecular weight is 311 g/mol. The van der Waals surface area contributed by atoms with Crippen molar-refractivity contribution in [1.82, 2.24) is 14.7 Å². The van der Waals surface area contributed by atoms with E-state index in [4.69, 9.17) is 0 Å². The Kier molecular flexibility index (Phi) is 4.00. The van der Waals surface area contributed by atoms with Crippen LogP contribution in [0.2, 0.25) is 0 Å². The quantitative estimate of drug-likeness (QED) is 0.872. The Morgan fingerprint density at radius 2 is 1.87 bits per heavy atom. The fraction of sp³-hybridized carbons (Fsp3) is 0.474. The maximum absolute atomic E-state index is 12.5. The van der Waals surface area contributed by atoms with Gasteiger partial charge in [-0.2, -0.15) is 5.10 Å². The number of likely N-dealkylation sites (tertiary alicyclic amines) is 1. The molecule has 0 N–H and O–H groups in total. The first kappa shape index (κ1) is 15.8. The van der Waals surface area contributed by atoms with Crippen molar-refractivity contribution in [2.45, 2.75) is 39.7 Å². The highest BCUT2D eigenvalue weighted by Crippen LogP contribution is 2.24. The maximum Gasteiger partial charge on any atom is 0.253 e. The molecule has 0 atom stereocenters. The van der Waals surface area contributed by atoms with Gasteiger partial charge in [0, 0.05) is 37.3 Å². The number of carbonyl (C=O) groups is 1. The summed E-state index contributed by atoms with van der Waals surface area (Å²) in [4.78, 5) is 14.4. The summed E-state index contributed by atoms with van der Waals surface area (Å²) in [7, 11) is 0. The van der Waals surface area contributed by atoms with E-state index in [0.29, 0.717) is 5.92 Å². The fourth-order valence-electron chi connectivity index (χ4n) is 2.98. The topological polar surface area (TPSA) is 38.1 Å². The molecule has 1 aromatic carbocycles. The van der Waals surface area contributed by atoms with Crippen LogP contribution in [0.25, 0.3) is 0 Å². The number of hydrogen-bond acceptors (Lipinski definition) is 2. The molecule has 4 heteroatoms. The summed E-state index contributed by atoms with van der Waals surface area (Å²) in [5.41, 5.74) is 3.33. The third-order valence-corrected chi connectivity index (χ3v) is 4.45. The smallest absolute Gasteiger partial charge is 0.253 e. The average Bonchev–Trinajstić information content (AvgIpc) is 2.86. The predicted octanol–water partition coefficient (Wildman–Crippen LogP) is 3.26. The zero-order valence-corrected chi connectivity index (χ0v) is 14.4. The number of amides is 1. The van der Waals surface area contributed by atoms with Crippen molar-refractivity contribution in [3.05, 3.63) is 53.3 Å². The molecule has 1 fully saturated rings. The van der Waals surface area contributed by atoms with Gasteiger partial charge in [0.2, 0.25) is 0 Å². The van der Waals surface area contributed by atoms with Gasteiger partial charge < -0.3 is 4.90 Å². The second-order valence-electron chi connectivity index (χ2n) is 7.64. The molecule has 3 rings (SSSR count). The number of aryl methyl sites for hydroxylation is 1. The Bertz CT molecular complexity index is 688. The summed E-state index contributed by atoms with van der Waals surface area (Å²) in [6.45, 7) is 11.1. The minimum absolute atomic E-state index is 0.116. The Labute approximate surface area is 138 Å². The van der Waals surface area contributed by atoms with Gasteiger partial charge in [0.05, 0.1) is 6.20 Å². The summed E-state index contributed by atoms with van der Waals surface area (Å²) in [6, 6.07) is 8.04. The monoisotopic (exact) mass is 311 g/mol. The minimum atomic E-state index is 0.116. The van der Waals surface area contributed by atoms with E-state index in [1.165, 1.54) is 11.1 Å². The van der Waals surface area contributed by atoms with Gasteiger partial charge in [0.25, 0.3) is 5.91 Å². The lowest BCUT2D eigenvalue weighted by molar-refractivity contribution is 0.0461. The molecule has 4 nitrogen and oxygen atoms in total. The van der Waals surface area contributed by atoms with Crippen LogP contribution in [0.4, 0.5) is 0 Å². The molecule has 2 heterocycles. The van der Waals surface area contributed by atoms with Crippen LogP contribution < -0.4 is 0 Å². The summed E-state index contributed by atoms with van der Waals surface area (Å²) >= 11 is 0. The van der Waals surface area contributed by atoms with E-state index < -0.39 is 0 Å². The molecule has 1 saturated heterocycles. The fourth-order valence-corrected chi connectivity index (χ4v) is 2.98. The summed E-state index contributed by atoms with van der Waals surface area (Å²) < 4.78 is 1.97. The van der Waals surface area contributed by atoms with E-state index >= 15 is 0 Å². The predicted molar refractivity (Wildman–Crippen MR) is 91.5 cm³/mol. The van der Waals surface area contributed by atoms with E-state index in [0.717, 1.165) is 25.2 Å². The molecule has 23 heavy (non-hydrogen) atoms. The molecule has 122 valence electrons. The lowest BCUT2D eigenvalue weighted by atomic mass is 9.86. The Morgan fingerprint density at radius 1 is 1.22 bits per heavy atom. The van der Waals surface area contributed by atoms with Crippen molar-refractivity contribution < 1.29 is 4.79 Å². The molecule has 0 radical (unpaired) electrons. The Hall–Kier alpha value is -2.10. The Morgan fingerprint density at radius 3 is 2.39 bits per heavy atom. The SMILES string of the molecule is Cc1cnn(CC2CN(C(=O)c3ccc(C(C)(C)C)cc3)C2)c1. The molecule has 1 aromatic heterocycles. The van der Waals surface area contributed by atoms with Gasteiger partial charge in [-0.1, -0.05) is 32.9 Å². The number of hydrogen-bond donors (Lipinski definition) is 0. The molecule has 1 aliphatic rings. The molecule has 0 unspecified atom stereocenters. The highest BCUT2D eigenvalue weighted by Gasteiger charge is 2.31. The Balaban J connectivity index is 1.56. The molecule has 0 aliphatic carbocycles. The third-order valence-electron chi connectivity index (χ3n) is 4.45. The van der Waals surface area contributed by atoms with Crippen molar-refractivity contribution in [1.29, 1.82) is 0 Å². The van der Waals surface area contributed by atoms with Crippen molar-refractivity contribution >= 4 is 5.91 Å². The first-order chi connectivity index (χ1) is 10.8. The van der Waals surface area contributed by atoms with E-state index in [2.05, 4.69) is 44.2 Å². The van der Waals surface area contributed by atoms with Gasteiger partial charge in [-0.05, 0) is 35.6 Å². The van der Waals surface area contributed by atoms with E-state index in [1.54, 1.807) is 0 Å². The van der Waals surface area contributed by atoms with Gasteiger partial charge in [-0.15, -0.1) is 0 Å². The minimum Gasteiger partial charge on any atom is -0.338 e. The lowest BCUT2D eigenvalue weighted by Crippen LogP contribution is -2.51. The van der Waals surface area contributed by atoms with Crippen molar-refractivity contribution in [2.75, 3.05) is 13.1 Å². The second-order valence-corrected chi connectivity index (χ2v) is 7.64. The zero-order chi connectivity index (χ0) is 16.6. The van der Waals surface area contributed by atoms with Crippen molar-refractivity contribution in [2.24, 2.45) is 5.92 Å². The van der Waals surface area contributed by atoms with Crippen molar-refractivity contribution in [3.63, 3.8) is 0 Å². The highest BCUT2D eigenvalue weighted by atomic mass is 16.2. The van der Waals surface area contributed by atoms with E-state index in [9.17, 15) is 4.79 Å². The molecular formula is C19H25N3O. The number of carbonyl (C=O) groups excluding carboxylic acids is 1. The largest absolute Gasteiger partial charge is 0.338 e. The molecule has 0 spiro atoms. The van der Waals surface area contributed by atoms with Gasteiger partial charge in [-0.25, -0.2) is 0 Å². The first-order valence-electron chi connectivity index (χ1n) is 8.22. The van der Waals surface area contributed by atoms with Crippen LogP contribution in [0.3, 0.4) is 0 Å². The number of rotatable bonds is 3. The zero-order valence-electron chi connectivity index (χ0n) is 14.4. The lowest BCUT2D eigenvalue weighted by Gasteiger charge is -2.39. The first-order valence-corrected chi connectivity index (χ1v) is 8.22. The number of benzene rings is 1. The molecular weight excluding hydrogens is 286 g/mol. The van der Waals surface area contributed by atoms with Crippen LogP contribution >= 0.6 is 0 Å². The standard InChI is InChI=1S/C19H25N3O/c1-14-9-20-22(10-14)13-15-11-21(12-15)18(23)16-5-7-17(8-6-16)19(2,3)4/h5-10,15H,11-13H2,1-4H3. The summed E-state index contributed by atoms with van der Waals surface area (Å²) in [6.07, 6.45) is 3.92. The van der Waals surface area contributed by atoms with Crippen LogP contribution in [0.5, 0.6) is 0 Å². The van der Waals surface area contributed by atoms with Crippen molar-refractivity contribution in [3.8, 4) is 0 Å². The van der Waals surface area contributed by atoms with Crippen LogP contribution in [0.15, 0.2) is 36.7 Å². The molecule has 0 saturated carbocycles. The summed E-state index contributed by atoms with van der Waals surface area (Å²) in [5.74, 6) is 0.644. The number of aromatic nitrogens is 2. The third kappa shape index (κ3) is 3.46. The second kappa shape index (κ2) is 5.84. The van der Waals surface area contributed by atoms with Gasteiger partial charge in [-0.3, -0.25) is 9.48 Å². The number of nitrogens with zero attached hydrogens (tertiary/aromatic N) is 3. The van der Waals surface area contributed by atoms with Gasteiger partial charge in [0.15, 0.2) is 0 Å². The van der Waals surface area contributed by atoms with Gasteiger partial charge >= 0.3 is 0 Å². The molecule has 1 amide bonds. The molecule has 0 bridgehead atoms. The van der Waals surface area contributed by atoms with Gasteiger partial charge in [0.1, 0.15) is 0 Å². The highest BCUT2D eigenvalue weighted by molar-refractivity contribution is 5.94. The van der Waals surface area contributed by atoms with E-state index in [-0.39, 0.29) is 11.3 Å². The normalized spacial score (nSPS) is 15.6. The maximum atomic E-state index is 12.5. The van der Waals surface area contributed by atoms with Crippen LogP contribution in [0, 0.1) is 12.8 Å². The van der Waals surface area contributed by atoms with Crippen LogP contribution in [-0.2, 0) is 12.0 Å². The molecule has 2 aromatic rings.